The average molecular weight is 88.2 g/mol. The molecule has 0 aliphatic rings. The number of hydrogen-bond acceptors (Lipinski definition) is 1. The fourth-order valence-corrected chi connectivity index (χ4v) is 0.316. The van der Waals surface area contributed by atoms with Crippen molar-refractivity contribution < 1.29 is 4.80 Å². The molecule has 2 heteroatoms. The molecule has 0 fully saturated rings. The Kier molecular flexibility index (Phi) is 3.85. The average Bonchev–Trinajstić information content (AvgIpc) is 1.41. The van der Waals surface area contributed by atoms with Gasteiger partial charge in [-0.25, -0.2) is 0 Å². The molecule has 0 spiro atoms. The van der Waals surface area contributed by atoms with Gasteiger partial charge in [0.1, 0.15) is 0 Å². The van der Waals surface area contributed by atoms with Gasteiger partial charge in [0.05, 0.1) is 0 Å². The van der Waals surface area contributed by atoms with E-state index in [1.54, 1.807) is 0 Å². The molecule has 0 aromatic heterocycles. The van der Waals surface area contributed by atoms with Crippen molar-refractivity contribution in [3.8, 4) is 0 Å². The van der Waals surface area contributed by atoms with Crippen LogP contribution < -0.4 is 0 Å². The Morgan fingerprint density at radius 1 is 1.80 bits per heavy atom. The van der Waals surface area contributed by atoms with Crippen molar-refractivity contribution in [2.24, 2.45) is 0 Å². The third-order valence-electron chi connectivity index (χ3n) is 0.341. The third kappa shape index (κ3) is 3.92. The molecule has 0 aromatic rings. The summed E-state index contributed by atoms with van der Waals surface area (Å²) < 4.78 is 0. The van der Waals surface area contributed by atoms with E-state index in [2.05, 4.69) is 0 Å². The highest BCUT2D eigenvalue weighted by Gasteiger charge is 1.56. The van der Waals surface area contributed by atoms with Gasteiger partial charge >= 0.3 is 0 Å². The van der Waals surface area contributed by atoms with Crippen LogP contribution >= 0.6 is 0 Å². The van der Waals surface area contributed by atoms with Gasteiger partial charge in [0.25, 0.3) is 0 Å². The van der Waals surface area contributed by atoms with E-state index in [0.717, 1.165) is 0 Å². The molecular weight excluding hydrogens is 80.1 g/mol. The third-order valence-corrected chi connectivity index (χ3v) is 1.02. The summed E-state index contributed by atoms with van der Waals surface area (Å²) in [5, 5.41) is 0. The minimum absolute atomic E-state index is 0.767. The van der Waals surface area contributed by atoms with Crippen LogP contribution in [0.2, 0.25) is 0 Å². The molecule has 1 N–H and O–H groups in total. The number of hydrogen-bond donors (Lipinski definition) is 1. The monoisotopic (exact) mass is 88.0 g/mol. The Labute approximate surface area is 34.3 Å². The zero-order valence-electron chi connectivity index (χ0n) is 3.31. The molecule has 0 heterocycles. The lowest BCUT2D eigenvalue weighted by atomic mass is 10.8. The molecule has 0 amide bonds. The Morgan fingerprint density at radius 2 is 2.40 bits per heavy atom. The lowest BCUT2D eigenvalue weighted by molar-refractivity contribution is 0.614. The van der Waals surface area contributed by atoms with Gasteiger partial charge in [0, 0.05) is 0 Å². The zero-order valence-corrected chi connectivity index (χ0v) is 4.72. The van der Waals surface area contributed by atoms with Gasteiger partial charge in [-0.2, -0.15) is 0 Å². The number of rotatable bonds is 1. The largest absolute Gasteiger partial charge is 0.434 e. The summed E-state index contributed by atoms with van der Waals surface area (Å²) in [5.41, 5.74) is 1.82. The van der Waals surface area contributed by atoms with Crippen molar-refractivity contribution in [3.05, 3.63) is 11.8 Å². The second-order valence-electron chi connectivity index (χ2n) is 0.752. The van der Waals surface area contributed by atoms with Crippen LogP contribution in [0.1, 0.15) is 6.92 Å². The first-order chi connectivity index (χ1) is 2.41. The maximum absolute atomic E-state index is 8.12. The topological polar surface area (TPSA) is 20.2 Å². The predicted octanol–water partition coefficient (Wildman–Crippen LogP) is -0.404. The fraction of sp³-hybridized carbons (Fsp3) is 0.333. The number of allylic oxidation sites excluding steroid dienone is 1. The lowest BCUT2D eigenvalue weighted by Gasteiger charge is -1.64. The van der Waals surface area contributed by atoms with Crippen LogP contribution in [0, 0.1) is 0 Å². The minimum atomic E-state index is -0.767. The molecule has 0 aromatic carbocycles. The van der Waals surface area contributed by atoms with Crippen molar-refractivity contribution in [1.82, 2.24) is 0 Å². The van der Waals surface area contributed by atoms with E-state index in [4.69, 9.17) is 4.80 Å². The molecule has 1 nitrogen and oxygen atoms in total. The van der Waals surface area contributed by atoms with E-state index in [9.17, 15) is 0 Å². The Morgan fingerprint density at radius 3 is 2.40 bits per heavy atom. The summed E-state index contributed by atoms with van der Waals surface area (Å²) in [5.74, 6) is 0. The quantitative estimate of drug-likeness (QED) is 0.432. The summed E-state index contributed by atoms with van der Waals surface area (Å²) in [6.45, 7) is 1.91. The van der Waals surface area contributed by atoms with Crippen LogP contribution in [-0.4, -0.2) is 14.6 Å². The van der Waals surface area contributed by atoms with Gasteiger partial charge in [0.2, 0.25) is 0 Å². The molecule has 0 rings (SSSR count). The first kappa shape index (κ1) is 4.92. The van der Waals surface area contributed by atoms with Crippen molar-refractivity contribution in [2.75, 3.05) is 0 Å². The van der Waals surface area contributed by atoms with Crippen molar-refractivity contribution in [1.29, 1.82) is 0 Å². The van der Waals surface area contributed by atoms with Gasteiger partial charge in [-0.05, 0) is 6.92 Å². The minimum Gasteiger partial charge on any atom is -0.434 e. The first-order valence-corrected chi connectivity index (χ1v) is 3.08. The van der Waals surface area contributed by atoms with E-state index in [0.29, 0.717) is 0 Å². The van der Waals surface area contributed by atoms with Crippen LogP contribution in [0.4, 0.5) is 0 Å². The van der Waals surface area contributed by atoms with Crippen LogP contribution in [0.15, 0.2) is 11.8 Å². The van der Waals surface area contributed by atoms with Crippen molar-refractivity contribution >= 4 is 9.76 Å². The molecular formula is C3H8OSi. The summed E-state index contributed by atoms with van der Waals surface area (Å²) >= 11 is 0. The Hall–Kier alpha value is -0.0831. The van der Waals surface area contributed by atoms with Gasteiger partial charge in [-0.15, -0.1) is 0 Å². The van der Waals surface area contributed by atoms with Gasteiger partial charge in [-0.3, -0.25) is 0 Å². The van der Waals surface area contributed by atoms with E-state index >= 15 is 0 Å². The van der Waals surface area contributed by atoms with Crippen LogP contribution in [0.5, 0.6) is 0 Å². The highest BCUT2D eigenvalue weighted by atomic mass is 28.2. The summed E-state index contributed by atoms with van der Waals surface area (Å²) in [4.78, 5) is 8.12. The summed E-state index contributed by atoms with van der Waals surface area (Å²) in [6.07, 6.45) is 1.87. The Bertz CT molecular complexity index is 33.9. The maximum atomic E-state index is 8.12. The van der Waals surface area contributed by atoms with E-state index in [-0.39, 0.29) is 0 Å². The van der Waals surface area contributed by atoms with Crippen LogP contribution in [0.25, 0.3) is 0 Å². The normalized spacial score (nSPS) is 12.4. The summed E-state index contributed by atoms with van der Waals surface area (Å²) in [6, 6.07) is 0. The van der Waals surface area contributed by atoms with E-state index < -0.39 is 9.76 Å². The lowest BCUT2D eigenvalue weighted by Crippen LogP contribution is -1.73. The molecule has 0 aliphatic heterocycles. The molecule has 0 unspecified atom stereocenters. The maximum Gasteiger partial charge on any atom is 0.180 e. The molecule has 0 atom stereocenters. The molecule has 0 radical (unpaired) electrons. The van der Waals surface area contributed by atoms with E-state index in [1.807, 2.05) is 18.7 Å². The van der Waals surface area contributed by atoms with Crippen molar-refractivity contribution in [3.63, 3.8) is 0 Å². The van der Waals surface area contributed by atoms with Crippen molar-refractivity contribution in [2.45, 2.75) is 6.92 Å². The molecule has 0 saturated heterocycles. The second kappa shape index (κ2) is 3.92. The van der Waals surface area contributed by atoms with Crippen LogP contribution in [-0.2, 0) is 0 Å². The molecule has 0 bridgehead atoms. The van der Waals surface area contributed by atoms with Gasteiger partial charge < -0.3 is 4.80 Å². The molecule has 5 heavy (non-hydrogen) atoms. The smallest absolute Gasteiger partial charge is 0.180 e. The highest BCUT2D eigenvalue weighted by molar-refractivity contribution is 6.32. The first-order valence-electron chi connectivity index (χ1n) is 1.64. The SMILES string of the molecule is C/C=C/[SiH2]O. The second-order valence-corrected chi connectivity index (χ2v) is 1.59. The molecule has 0 saturated carbocycles. The van der Waals surface area contributed by atoms with E-state index in [1.165, 1.54) is 0 Å². The highest BCUT2D eigenvalue weighted by Crippen LogP contribution is 1.57. The molecule has 30 valence electrons. The van der Waals surface area contributed by atoms with Crippen LogP contribution in [0.3, 0.4) is 0 Å². The summed E-state index contributed by atoms with van der Waals surface area (Å²) in [7, 11) is -0.767. The molecule has 0 aliphatic carbocycles. The predicted molar refractivity (Wildman–Crippen MR) is 25.6 cm³/mol. The van der Waals surface area contributed by atoms with Gasteiger partial charge in [-0.1, -0.05) is 11.8 Å². The zero-order chi connectivity index (χ0) is 4.12. The fourth-order valence-electron chi connectivity index (χ4n) is 0.105. The van der Waals surface area contributed by atoms with Gasteiger partial charge in [0.15, 0.2) is 9.76 Å². The standard InChI is InChI=1S/C3H8OSi/c1-2-3-5-4/h2-4H,5H2,1H3/b3-2+. The Balaban J connectivity index is 2.62.